The predicted molar refractivity (Wildman–Crippen MR) is 90.6 cm³/mol. The van der Waals surface area contributed by atoms with Crippen molar-refractivity contribution in [2.75, 3.05) is 40.0 Å². The molecule has 0 atom stereocenters. The number of hydrogen-bond donors (Lipinski definition) is 2. The van der Waals surface area contributed by atoms with Gasteiger partial charge in [0.05, 0.1) is 18.6 Å². The van der Waals surface area contributed by atoms with Gasteiger partial charge in [-0.05, 0) is 63.0 Å². The molecule has 0 aromatic heterocycles. The van der Waals surface area contributed by atoms with Crippen LogP contribution in [-0.4, -0.2) is 45.9 Å². The van der Waals surface area contributed by atoms with Crippen LogP contribution in [0.5, 0.6) is 5.75 Å². The van der Waals surface area contributed by atoms with E-state index in [9.17, 15) is 9.18 Å². The zero-order chi connectivity index (χ0) is 17.3. The molecule has 24 heavy (non-hydrogen) atoms. The number of ether oxygens (including phenoxy) is 2. The van der Waals surface area contributed by atoms with E-state index >= 15 is 0 Å². The number of benzene rings is 1. The van der Waals surface area contributed by atoms with E-state index in [0.29, 0.717) is 25.5 Å². The Bertz CT molecular complexity index is 496. The standard InChI is InChI=1S/C18H27FN2O3/c1-23-14-18(8-11-20-12-9-18)17(22)21-10-2-3-13-24-16-6-4-15(19)5-7-16/h4-7,20H,2-3,8-14H2,1H3,(H,21,22). The maximum atomic E-state index is 12.8. The first-order chi connectivity index (χ1) is 11.7. The van der Waals surface area contributed by atoms with E-state index in [4.69, 9.17) is 9.47 Å². The van der Waals surface area contributed by atoms with Crippen molar-refractivity contribution in [2.45, 2.75) is 25.7 Å². The van der Waals surface area contributed by atoms with Crippen LogP contribution in [-0.2, 0) is 9.53 Å². The number of nitrogens with one attached hydrogen (secondary N) is 2. The summed E-state index contributed by atoms with van der Waals surface area (Å²) in [7, 11) is 1.64. The summed E-state index contributed by atoms with van der Waals surface area (Å²) in [6.45, 7) is 3.35. The molecule has 1 amide bonds. The van der Waals surface area contributed by atoms with Crippen LogP contribution in [0.4, 0.5) is 4.39 Å². The number of carbonyl (C=O) groups excluding carboxylic acids is 1. The second kappa shape index (κ2) is 9.59. The van der Waals surface area contributed by atoms with E-state index in [1.165, 1.54) is 12.1 Å². The number of halogens is 1. The molecule has 1 saturated heterocycles. The van der Waals surface area contributed by atoms with E-state index in [-0.39, 0.29) is 11.7 Å². The lowest BCUT2D eigenvalue weighted by Crippen LogP contribution is -2.50. The minimum absolute atomic E-state index is 0.0882. The van der Waals surface area contributed by atoms with Crippen molar-refractivity contribution in [1.29, 1.82) is 0 Å². The average molecular weight is 338 g/mol. The van der Waals surface area contributed by atoms with Crippen molar-refractivity contribution in [3.63, 3.8) is 0 Å². The van der Waals surface area contributed by atoms with Crippen molar-refractivity contribution >= 4 is 5.91 Å². The van der Waals surface area contributed by atoms with Crippen LogP contribution >= 0.6 is 0 Å². The molecule has 1 aliphatic heterocycles. The quantitative estimate of drug-likeness (QED) is 0.677. The third-order valence-electron chi connectivity index (χ3n) is 4.40. The van der Waals surface area contributed by atoms with Crippen molar-refractivity contribution in [3.05, 3.63) is 30.1 Å². The molecule has 6 heteroatoms. The topological polar surface area (TPSA) is 59.6 Å². The fourth-order valence-corrected chi connectivity index (χ4v) is 2.96. The van der Waals surface area contributed by atoms with Gasteiger partial charge in [-0.25, -0.2) is 4.39 Å². The van der Waals surface area contributed by atoms with Crippen molar-refractivity contribution < 1.29 is 18.7 Å². The van der Waals surface area contributed by atoms with E-state index in [1.807, 2.05) is 0 Å². The molecular formula is C18H27FN2O3. The Morgan fingerprint density at radius 1 is 1.25 bits per heavy atom. The maximum Gasteiger partial charge on any atom is 0.228 e. The summed E-state index contributed by atoms with van der Waals surface area (Å²) in [5.41, 5.74) is -0.398. The van der Waals surface area contributed by atoms with Crippen molar-refractivity contribution in [2.24, 2.45) is 5.41 Å². The van der Waals surface area contributed by atoms with Gasteiger partial charge in [0.15, 0.2) is 0 Å². The smallest absolute Gasteiger partial charge is 0.228 e. The van der Waals surface area contributed by atoms with E-state index < -0.39 is 5.41 Å². The first-order valence-corrected chi connectivity index (χ1v) is 8.53. The number of piperidine rings is 1. The molecule has 5 nitrogen and oxygen atoms in total. The molecule has 0 spiro atoms. The summed E-state index contributed by atoms with van der Waals surface area (Å²) < 4.78 is 23.6. The lowest BCUT2D eigenvalue weighted by atomic mass is 9.78. The normalized spacial score (nSPS) is 16.6. The summed E-state index contributed by atoms with van der Waals surface area (Å²) in [4.78, 5) is 12.5. The van der Waals surface area contributed by atoms with Crippen molar-refractivity contribution in [3.8, 4) is 5.75 Å². The highest BCUT2D eigenvalue weighted by atomic mass is 19.1. The summed E-state index contributed by atoms with van der Waals surface area (Å²) in [6.07, 6.45) is 3.28. The summed E-state index contributed by atoms with van der Waals surface area (Å²) in [5.74, 6) is 0.479. The van der Waals surface area contributed by atoms with Crippen LogP contribution in [0, 0.1) is 11.2 Å². The van der Waals surface area contributed by atoms with Gasteiger partial charge in [0.2, 0.25) is 5.91 Å². The van der Waals surface area contributed by atoms with Gasteiger partial charge >= 0.3 is 0 Å². The van der Waals surface area contributed by atoms with E-state index in [0.717, 1.165) is 38.8 Å². The van der Waals surface area contributed by atoms with Crippen LogP contribution in [0.2, 0.25) is 0 Å². The monoisotopic (exact) mass is 338 g/mol. The molecule has 1 aliphatic rings. The number of carbonyl (C=O) groups is 1. The molecule has 0 saturated carbocycles. The number of unbranched alkanes of at least 4 members (excludes halogenated alkanes) is 1. The van der Waals surface area contributed by atoms with Crippen LogP contribution in [0.3, 0.4) is 0 Å². The third-order valence-corrected chi connectivity index (χ3v) is 4.40. The van der Waals surface area contributed by atoms with Crippen LogP contribution in [0.1, 0.15) is 25.7 Å². The minimum atomic E-state index is -0.398. The number of amides is 1. The van der Waals surface area contributed by atoms with Gasteiger partial charge in [0.25, 0.3) is 0 Å². The fourth-order valence-electron chi connectivity index (χ4n) is 2.96. The van der Waals surface area contributed by atoms with Gasteiger partial charge in [-0.3, -0.25) is 4.79 Å². The van der Waals surface area contributed by atoms with Crippen LogP contribution in [0.15, 0.2) is 24.3 Å². The summed E-state index contributed by atoms with van der Waals surface area (Å²) in [6, 6.07) is 5.99. The Morgan fingerprint density at radius 3 is 2.62 bits per heavy atom. The first-order valence-electron chi connectivity index (χ1n) is 8.53. The van der Waals surface area contributed by atoms with Gasteiger partial charge in [0, 0.05) is 13.7 Å². The van der Waals surface area contributed by atoms with Gasteiger partial charge in [-0.2, -0.15) is 0 Å². The Balaban J connectivity index is 1.63. The molecule has 1 heterocycles. The minimum Gasteiger partial charge on any atom is -0.494 e. The highest BCUT2D eigenvalue weighted by Crippen LogP contribution is 2.29. The lowest BCUT2D eigenvalue weighted by molar-refractivity contribution is -0.136. The highest BCUT2D eigenvalue weighted by Gasteiger charge is 2.39. The molecule has 1 fully saturated rings. The molecule has 0 bridgehead atoms. The largest absolute Gasteiger partial charge is 0.494 e. The molecule has 134 valence electrons. The second-order valence-corrected chi connectivity index (χ2v) is 6.23. The second-order valence-electron chi connectivity index (χ2n) is 6.23. The molecule has 2 N–H and O–H groups in total. The third kappa shape index (κ3) is 5.46. The van der Waals surface area contributed by atoms with Gasteiger partial charge in [-0.15, -0.1) is 0 Å². The zero-order valence-corrected chi connectivity index (χ0v) is 14.3. The molecule has 2 rings (SSSR count). The average Bonchev–Trinajstić information content (AvgIpc) is 2.60. The lowest BCUT2D eigenvalue weighted by Gasteiger charge is -2.35. The Labute approximate surface area is 142 Å². The SMILES string of the molecule is COCC1(C(=O)NCCCCOc2ccc(F)cc2)CCNCC1. The number of methoxy groups -OCH3 is 1. The summed E-state index contributed by atoms with van der Waals surface area (Å²) >= 11 is 0. The number of rotatable bonds is 9. The van der Waals surface area contributed by atoms with Crippen molar-refractivity contribution in [1.82, 2.24) is 10.6 Å². The highest BCUT2D eigenvalue weighted by molar-refractivity contribution is 5.82. The number of hydrogen-bond acceptors (Lipinski definition) is 4. The first kappa shape index (κ1) is 18.7. The zero-order valence-electron chi connectivity index (χ0n) is 14.3. The molecule has 0 aliphatic carbocycles. The Hall–Kier alpha value is -1.66. The molecule has 0 radical (unpaired) electrons. The van der Waals surface area contributed by atoms with Crippen LogP contribution in [0.25, 0.3) is 0 Å². The van der Waals surface area contributed by atoms with Crippen LogP contribution < -0.4 is 15.4 Å². The van der Waals surface area contributed by atoms with Gasteiger partial charge < -0.3 is 20.1 Å². The summed E-state index contributed by atoms with van der Waals surface area (Å²) in [5, 5.41) is 6.31. The van der Waals surface area contributed by atoms with Gasteiger partial charge in [-0.1, -0.05) is 0 Å². The van der Waals surface area contributed by atoms with E-state index in [1.54, 1.807) is 19.2 Å². The predicted octanol–water partition coefficient (Wildman–Crippen LogP) is 2.12. The molecule has 1 aromatic rings. The Morgan fingerprint density at radius 2 is 1.96 bits per heavy atom. The molecular weight excluding hydrogens is 311 g/mol. The molecule has 0 unspecified atom stereocenters. The van der Waals surface area contributed by atoms with Gasteiger partial charge in [0.1, 0.15) is 11.6 Å². The maximum absolute atomic E-state index is 12.8. The Kier molecular flexibility index (Phi) is 7.46. The molecule has 1 aromatic carbocycles. The fraction of sp³-hybridized carbons (Fsp3) is 0.611. The van der Waals surface area contributed by atoms with E-state index in [2.05, 4.69) is 10.6 Å².